The number of benzene rings is 1. The van der Waals surface area contributed by atoms with E-state index in [-0.39, 0.29) is 5.91 Å². The zero-order valence-corrected chi connectivity index (χ0v) is 11.9. The van der Waals surface area contributed by atoms with Crippen LogP contribution in [0.5, 0.6) is 0 Å². The molecule has 20 heavy (non-hydrogen) atoms. The summed E-state index contributed by atoms with van der Waals surface area (Å²) in [5.74, 6) is -0.252. The van der Waals surface area contributed by atoms with Gasteiger partial charge in [0.1, 0.15) is 0 Å². The number of hydrogen-bond acceptors (Lipinski definition) is 3. The second kappa shape index (κ2) is 6.77. The number of pyridine rings is 1. The lowest BCUT2D eigenvalue weighted by Gasteiger charge is -2.23. The van der Waals surface area contributed by atoms with Gasteiger partial charge in [0.05, 0.1) is 5.56 Å². The third-order valence-corrected chi connectivity index (χ3v) is 3.10. The molecule has 0 spiro atoms. The number of nitrogens with zero attached hydrogens (tertiary/aromatic N) is 2. The quantitative estimate of drug-likeness (QED) is 0.881. The van der Waals surface area contributed by atoms with E-state index in [1.165, 1.54) is 6.20 Å². The van der Waals surface area contributed by atoms with E-state index < -0.39 is 0 Å². The van der Waals surface area contributed by atoms with Gasteiger partial charge < -0.3 is 4.90 Å². The third-order valence-electron chi connectivity index (χ3n) is 2.77. The maximum absolute atomic E-state index is 12.0. The van der Waals surface area contributed by atoms with Crippen LogP contribution in [-0.2, 0) is 0 Å². The molecular formula is C15H15N3OS. The van der Waals surface area contributed by atoms with Crippen molar-refractivity contribution in [2.45, 2.75) is 6.92 Å². The molecule has 0 aliphatic carbocycles. The summed E-state index contributed by atoms with van der Waals surface area (Å²) >= 11 is 5.31. The second-order valence-corrected chi connectivity index (χ2v) is 4.47. The van der Waals surface area contributed by atoms with Crippen LogP contribution >= 0.6 is 12.2 Å². The number of nitrogens with one attached hydrogen (secondary N) is 1. The summed E-state index contributed by atoms with van der Waals surface area (Å²) in [5, 5.41) is 3.11. The van der Waals surface area contributed by atoms with Crippen LogP contribution in [0.25, 0.3) is 0 Å². The van der Waals surface area contributed by atoms with Crippen LogP contribution in [0, 0.1) is 0 Å². The SMILES string of the molecule is CCN(C(=S)NC(=O)c1cccnc1)c1ccccc1. The maximum Gasteiger partial charge on any atom is 0.258 e. The van der Waals surface area contributed by atoms with Gasteiger partial charge in [-0.15, -0.1) is 0 Å². The van der Waals surface area contributed by atoms with E-state index in [4.69, 9.17) is 12.2 Å². The van der Waals surface area contributed by atoms with Gasteiger partial charge in [0.25, 0.3) is 5.91 Å². The maximum atomic E-state index is 12.0. The van der Waals surface area contributed by atoms with E-state index in [0.717, 1.165) is 5.69 Å². The van der Waals surface area contributed by atoms with Gasteiger partial charge in [-0.05, 0) is 43.4 Å². The zero-order valence-electron chi connectivity index (χ0n) is 11.1. The molecule has 1 aromatic carbocycles. The molecule has 0 bridgehead atoms. The standard InChI is InChI=1S/C15H15N3OS/c1-2-18(13-8-4-3-5-9-13)15(20)17-14(19)12-7-6-10-16-11-12/h3-11H,2H2,1H3,(H,17,19,20). The average Bonchev–Trinajstić information content (AvgIpc) is 2.50. The lowest BCUT2D eigenvalue weighted by atomic mass is 10.2. The van der Waals surface area contributed by atoms with Gasteiger partial charge in [-0.25, -0.2) is 0 Å². The topological polar surface area (TPSA) is 45.2 Å². The Balaban J connectivity index is 2.09. The molecule has 102 valence electrons. The van der Waals surface area contributed by atoms with Gasteiger partial charge in [0.15, 0.2) is 5.11 Å². The Bertz CT molecular complexity index is 587. The number of carbonyl (C=O) groups excluding carboxylic acids is 1. The number of anilines is 1. The molecule has 0 radical (unpaired) electrons. The molecule has 1 heterocycles. The van der Waals surface area contributed by atoms with Gasteiger partial charge >= 0.3 is 0 Å². The second-order valence-electron chi connectivity index (χ2n) is 4.08. The fourth-order valence-corrected chi connectivity index (χ4v) is 2.11. The predicted octanol–water partition coefficient (Wildman–Crippen LogP) is 2.62. The number of amides is 1. The molecule has 1 aromatic heterocycles. The van der Waals surface area contributed by atoms with E-state index in [9.17, 15) is 4.79 Å². The fraction of sp³-hybridized carbons (Fsp3) is 0.133. The van der Waals surface area contributed by atoms with E-state index in [1.54, 1.807) is 18.3 Å². The number of thiocarbonyl (C=S) groups is 1. The van der Waals surface area contributed by atoms with Crippen molar-refractivity contribution in [3.63, 3.8) is 0 Å². The number of hydrogen-bond donors (Lipinski definition) is 1. The Morgan fingerprint density at radius 3 is 2.60 bits per heavy atom. The van der Waals surface area contributed by atoms with Crippen LogP contribution in [-0.4, -0.2) is 22.5 Å². The Morgan fingerprint density at radius 2 is 2.00 bits per heavy atom. The van der Waals surface area contributed by atoms with Gasteiger partial charge in [0.2, 0.25) is 0 Å². The average molecular weight is 285 g/mol. The summed E-state index contributed by atoms with van der Waals surface area (Å²) in [4.78, 5) is 17.8. The van der Waals surface area contributed by atoms with Crippen LogP contribution in [0.4, 0.5) is 5.69 Å². The summed E-state index contributed by atoms with van der Waals surface area (Å²) in [5.41, 5.74) is 1.44. The van der Waals surface area contributed by atoms with Crippen LogP contribution in [0.15, 0.2) is 54.9 Å². The van der Waals surface area contributed by atoms with E-state index >= 15 is 0 Å². The molecule has 0 saturated carbocycles. The first kappa shape index (κ1) is 14.1. The summed E-state index contributed by atoms with van der Waals surface area (Å²) in [6.45, 7) is 2.66. The van der Waals surface area contributed by atoms with Crippen LogP contribution in [0.1, 0.15) is 17.3 Å². The van der Waals surface area contributed by atoms with E-state index in [0.29, 0.717) is 17.2 Å². The van der Waals surface area contributed by atoms with Crippen molar-refractivity contribution in [1.82, 2.24) is 10.3 Å². The predicted molar refractivity (Wildman–Crippen MR) is 83.8 cm³/mol. The van der Waals surface area contributed by atoms with E-state index in [1.807, 2.05) is 42.2 Å². The lowest BCUT2D eigenvalue weighted by Crippen LogP contribution is -2.42. The monoisotopic (exact) mass is 285 g/mol. The van der Waals surface area contributed by atoms with Crippen molar-refractivity contribution in [3.05, 3.63) is 60.4 Å². The molecule has 2 rings (SSSR count). The number of carbonyl (C=O) groups is 1. The lowest BCUT2D eigenvalue weighted by molar-refractivity contribution is 0.0977. The van der Waals surface area contributed by atoms with Gasteiger partial charge in [-0.3, -0.25) is 15.1 Å². The highest BCUT2D eigenvalue weighted by molar-refractivity contribution is 7.80. The summed E-state index contributed by atoms with van der Waals surface area (Å²) < 4.78 is 0. The van der Waals surface area contributed by atoms with Crippen molar-refractivity contribution >= 4 is 28.9 Å². The summed E-state index contributed by atoms with van der Waals surface area (Å²) in [6.07, 6.45) is 3.13. The zero-order chi connectivity index (χ0) is 14.4. The largest absolute Gasteiger partial charge is 0.319 e. The minimum Gasteiger partial charge on any atom is -0.319 e. The van der Waals surface area contributed by atoms with Crippen molar-refractivity contribution in [2.75, 3.05) is 11.4 Å². The highest BCUT2D eigenvalue weighted by atomic mass is 32.1. The first-order chi connectivity index (χ1) is 9.72. The minimum atomic E-state index is -0.252. The molecular weight excluding hydrogens is 270 g/mol. The molecule has 5 heteroatoms. The summed E-state index contributed by atoms with van der Waals surface area (Å²) in [7, 11) is 0. The molecule has 0 unspecified atom stereocenters. The molecule has 0 aliphatic heterocycles. The van der Waals surface area contributed by atoms with Crippen LogP contribution < -0.4 is 10.2 Å². The Hall–Kier alpha value is -2.27. The Morgan fingerprint density at radius 1 is 1.25 bits per heavy atom. The Labute approximate surface area is 123 Å². The first-order valence-corrected chi connectivity index (χ1v) is 6.71. The third kappa shape index (κ3) is 3.39. The van der Waals surface area contributed by atoms with Gasteiger partial charge in [0, 0.05) is 24.6 Å². The fourth-order valence-electron chi connectivity index (χ4n) is 1.79. The van der Waals surface area contributed by atoms with E-state index in [2.05, 4.69) is 10.3 Å². The molecule has 2 aromatic rings. The smallest absolute Gasteiger partial charge is 0.258 e. The van der Waals surface area contributed by atoms with Crippen molar-refractivity contribution in [3.8, 4) is 0 Å². The van der Waals surface area contributed by atoms with Gasteiger partial charge in [-0.1, -0.05) is 18.2 Å². The number of para-hydroxylation sites is 1. The van der Waals surface area contributed by atoms with Crippen LogP contribution in [0.3, 0.4) is 0 Å². The molecule has 0 saturated heterocycles. The minimum absolute atomic E-state index is 0.252. The van der Waals surface area contributed by atoms with Crippen molar-refractivity contribution in [2.24, 2.45) is 0 Å². The van der Waals surface area contributed by atoms with Crippen molar-refractivity contribution < 1.29 is 4.79 Å². The normalized spacial score (nSPS) is 9.85. The van der Waals surface area contributed by atoms with Crippen molar-refractivity contribution in [1.29, 1.82) is 0 Å². The summed E-state index contributed by atoms with van der Waals surface area (Å²) in [6, 6.07) is 13.1. The van der Waals surface area contributed by atoms with Crippen LogP contribution in [0.2, 0.25) is 0 Å². The molecule has 1 N–H and O–H groups in total. The van der Waals surface area contributed by atoms with Gasteiger partial charge in [-0.2, -0.15) is 0 Å². The molecule has 0 atom stereocenters. The molecule has 0 fully saturated rings. The number of aromatic nitrogens is 1. The molecule has 1 amide bonds. The molecule has 0 aliphatic rings. The number of rotatable bonds is 3. The molecule has 4 nitrogen and oxygen atoms in total. The first-order valence-electron chi connectivity index (χ1n) is 6.30. The highest BCUT2D eigenvalue weighted by Crippen LogP contribution is 2.13. The Kier molecular flexibility index (Phi) is 4.79. The highest BCUT2D eigenvalue weighted by Gasteiger charge is 2.13.